The Morgan fingerprint density at radius 1 is 1.18 bits per heavy atom. The van der Waals surface area contributed by atoms with Crippen LogP contribution in [0.3, 0.4) is 0 Å². The Kier molecular flexibility index (Phi) is 4.02. The van der Waals surface area contributed by atoms with E-state index in [-0.39, 0.29) is 12.6 Å². The second kappa shape index (κ2) is 6.12. The van der Waals surface area contributed by atoms with E-state index in [0.717, 1.165) is 5.56 Å². The van der Waals surface area contributed by atoms with Crippen molar-refractivity contribution < 1.29 is 19.0 Å². The third kappa shape index (κ3) is 2.92. The second-order valence-electron chi connectivity index (χ2n) is 4.65. The molecule has 1 heterocycles. The molecule has 4 nitrogen and oxygen atoms in total. The van der Waals surface area contributed by atoms with Crippen molar-refractivity contribution in [3.8, 4) is 17.2 Å². The van der Waals surface area contributed by atoms with Gasteiger partial charge in [-0.2, -0.15) is 0 Å². The van der Waals surface area contributed by atoms with Crippen LogP contribution in [0.2, 0.25) is 5.02 Å². The molecule has 0 saturated heterocycles. The number of benzene rings is 2. The number of fused-ring (bicyclic) bond motifs is 1. The third-order valence-corrected chi connectivity index (χ3v) is 3.49. The molecule has 0 atom stereocenters. The summed E-state index contributed by atoms with van der Waals surface area (Å²) in [7, 11) is 1.52. The van der Waals surface area contributed by atoms with Crippen molar-refractivity contribution in [2.45, 2.75) is 0 Å². The van der Waals surface area contributed by atoms with Gasteiger partial charge in [0.15, 0.2) is 17.3 Å². The smallest absolute Gasteiger partial charge is 0.231 e. The normalized spacial score (nSPS) is 12.6. The van der Waals surface area contributed by atoms with Gasteiger partial charge in [-0.1, -0.05) is 23.7 Å². The van der Waals surface area contributed by atoms with E-state index >= 15 is 0 Å². The fourth-order valence-electron chi connectivity index (χ4n) is 2.15. The number of ketones is 1. The molecule has 2 aromatic carbocycles. The molecule has 5 heteroatoms. The summed E-state index contributed by atoms with van der Waals surface area (Å²) in [5, 5.41) is 0.487. The first-order chi connectivity index (χ1) is 10.7. The lowest BCUT2D eigenvalue weighted by molar-refractivity contribution is 0.104. The lowest BCUT2D eigenvalue weighted by atomic mass is 10.1. The number of hydrogen-bond donors (Lipinski definition) is 0. The molecule has 0 radical (unpaired) electrons. The number of halogens is 1. The molecule has 0 saturated carbocycles. The van der Waals surface area contributed by atoms with Crippen molar-refractivity contribution in [3.63, 3.8) is 0 Å². The first-order valence-electron chi connectivity index (χ1n) is 6.63. The molecule has 112 valence electrons. The van der Waals surface area contributed by atoms with Gasteiger partial charge in [-0.15, -0.1) is 0 Å². The highest BCUT2D eigenvalue weighted by molar-refractivity contribution is 6.31. The molecule has 2 aromatic rings. The Hall–Kier alpha value is -2.46. The number of rotatable bonds is 4. The Balaban J connectivity index is 1.83. The van der Waals surface area contributed by atoms with Gasteiger partial charge >= 0.3 is 0 Å². The van der Waals surface area contributed by atoms with Crippen LogP contribution in [0.1, 0.15) is 15.9 Å². The Morgan fingerprint density at radius 2 is 2.00 bits per heavy atom. The molecule has 1 aliphatic rings. The zero-order chi connectivity index (χ0) is 15.5. The van der Waals surface area contributed by atoms with Crippen LogP contribution < -0.4 is 14.2 Å². The van der Waals surface area contributed by atoms with Crippen molar-refractivity contribution in [3.05, 3.63) is 58.6 Å². The van der Waals surface area contributed by atoms with Gasteiger partial charge in [-0.05, 0) is 42.0 Å². The Labute approximate surface area is 132 Å². The van der Waals surface area contributed by atoms with Crippen LogP contribution >= 0.6 is 11.6 Å². The summed E-state index contributed by atoms with van der Waals surface area (Å²) in [6.45, 7) is 0.223. The summed E-state index contributed by atoms with van der Waals surface area (Å²) in [5.74, 6) is 1.69. The van der Waals surface area contributed by atoms with Gasteiger partial charge in [0.25, 0.3) is 0 Å². The van der Waals surface area contributed by atoms with E-state index < -0.39 is 0 Å². The molecule has 0 bridgehead atoms. The van der Waals surface area contributed by atoms with E-state index in [9.17, 15) is 4.79 Å². The third-order valence-electron chi connectivity index (χ3n) is 3.25. The quantitative estimate of drug-likeness (QED) is 0.632. The predicted molar refractivity (Wildman–Crippen MR) is 83.9 cm³/mol. The molecule has 0 aromatic heterocycles. The van der Waals surface area contributed by atoms with Crippen LogP contribution in [-0.4, -0.2) is 19.7 Å². The number of ether oxygens (including phenoxy) is 3. The van der Waals surface area contributed by atoms with Crippen LogP contribution in [0.25, 0.3) is 6.08 Å². The number of carbonyl (C=O) groups excluding carboxylic acids is 1. The van der Waals surface area contributed by atoms with E-state index in [1.807, 2.05) is 18.2 Å². The number of methoxy groups -OCH3 is 1. The van der Waals surface area contributed by atoms with Crippen molar-refractivity contribution >= 4 is 23.5 Å². The van der Waals surface area contributed by atoms with Crippen molar-refractivity contribution in [2.75, 3.05) is 13.9 Å². The van der Waals surface area contributed by atoms with Gasteiger partial charge in [0.05, 0.1) is 12.7 Å². The van der Waals surface area contributed by atoms with Gasteiger partial charge in [0, 0.05) is 5.02 Å². The zero-order valence-electron chi connectivity index (χ0n) is 11.8. The number of allylic oxidation sites excluding steroid dienone is 1. The second-order valence-corrected chi connectivity index (χ2v) is 5.09. The van der Waals surface area contributed by atoms with E-state index in [0.29, 0.717) is 27.8 Å². The molecule has 0 spiro atoms. The molecule has 0 fully saturated rings. The molecule has 0 N–H and O–H groups in total. The molecule has 3 rings (SSSR count). The lowest BCUT2D eigenvalue weighted by Crippen LogP contribution is -1.98. The lowest BCUT2D eigenvalue weighted by Gasteiger charge is -2.05. The van der Waals surface area contributed by atoms with Crippen LogP contribution in [-0.2, 0) is 0 Å². The highest BCUT2D eigenvalue weighted by atomic mass is 35.5. The van der Waals surface area contributed by atoms with E-state index in [1.54, 1.807) is 24.3 Å². The monoisotopic (exact) mass is 316 g/mol. The standard InChI is InChI=1S/C17H13ClO4/c1-20-15-7-4-12(18)9-13(15)14(19)5-2-11-3-6-16-17(8-11)22-10-21-16/h2-9H,10H2,1H3. The molecule has 1 aliphatic heterocycles. The van der Waals surface area contributed by atoms with Gasteiger partial charge in [-0.25, -0.2) is 0 Å². The van der Waals surface area contributed by atoms with E-state index in [1.165, 1.54) is 13.2 Å². The van der Waals surface area contributed by atoms with Crippen LogP contribution in [0.5, 0.6) is 17.2 Å². The average molecular weight is 317 g/mol. The fourth-order valence-corrected chi connectivity index (χ4v) is 2.32. The molecule has 0 amide bonds. The van der Waals surface area contributed by atoms with Crippen molar-refractivity contribution in [1.29, 1.82) is 0 Å². The largest absolute Gasteiger partial charge is 0.496 e. The van der Waals surface area contributed by atoms with E-state index in [2.05, 4.69) is 0 Å². The van der Waals surface area contributed by atoms with Gasteiger partial charge in [0.1, 0.15) is 5.75 Å². The Morgan fingerprint density at radius 3 is 2.82 bits per heavy atom. The molecule has 0 aliphatic carbocycles. The van der Waals surface area contributed by atoms with Gasteiger partial charge in [0.2, 0.25) is 6.79 Å². The highest BCUT2D eigenvalue weighted by Gasteiger charge is 2.13. The minimum Gasteiger partial charge on any atom is -0.496 e. The maximum Gasteiger partial charge on any atom is 0.231 e. The topological polar surface area (TPSA) is 44.8 Å². The molecular weight excluding hydrogens is 304 g/mol. The Bertz CT molecular complexity index is 752. The van der Waals surface area contributed by atoms with Crippen LogP contribution in [0.4, 0.5) is 0 Å². The maximum absolute atomic E-state index is 12.3. The number of carbonyl (C=O) groups is 1. The van der Waals surface area contributed by atoms with Crippen molar-refractivity contribution in [2.24, 2.45) is 0 Å². The summed E-state index contributed by atoms with van der Waals surface area (Å²) in [6, 6.07) is 10.4. The van der Waals surface area contributed by atoms with Crippen molar-refractivity contribution in [1.82, 2.24) is 0 Å². The maximum atomic E-state index is 12.3. The molecular formula is C17H13ClO4. The van der Waals surface area contributed by atoms with Gasteiger partial charge < -0.3 is 14.2 Å². The summed E-state index contributed by atoms with van der Waals surface area (Å²) in [6.07, 6.45) is 3.19. The first-order valence-corrected chi connectivity index (χ1v) is 7.01. The van der Waals surface area contributed by atoms with E-state index in [4.69, 9.17) is 25.8 Å². The molecule has 0 unspecified atom stereocenters. The highest BCUT2D eigenvalue weighted by Crippen LogP contribution is 2.33. The minimum absolute atomic E-state index is 0.183. The van der Waals surface area contributed by atoms with Crippen LogP contribution in [0.15, 0.2) is 42.5 Å². The SMILES string of the molecule is COc1ccc(Cl)cc1C(=O)C=Cc1ccc2c(c1)OCO2. The fraction of sp³-hybridized carbons (Fsp3) is 0.118. The first kappa shape index (κ1) is 14.5. The summed E-state index contributed by atoms with van der Waals surface area (Å²) in [5.41, 5.74) is 1.27. The average Bonchev–Trinajstić information content (AvgIpc) is 3.00. The summed E-state index contributed by atoms with van der Waals surface area (Å²) < 4.78 is 15.7. The zero-order valence-corrected chi connectivity index (χ0v) is 12.6. The number of hydrogen-bond acceptors (Lipinski definition) is 4. The van der Waals surface area contributed by atoms with Gasteiger partial charge in [-0.3, -0.25) is 4.79 Å². The minimum atomic E-state index is -0.183. The van der Waals surface area contributed by atoms with Crippen LogP contribution in [0, 0.1) is 0 Å². The predicted octanol–water partition coefficient (Wildman–Crippen LogP) is 3.97. The molecule has 22 heavy (non-hydrogen) atoms. The summed E-state index contributed by atoms with van der Waals surface area (Å²) in [4.78, 5) is 12.3. The summed E-state index contributed by atoms with van der Waals surface area (Å²) >= 11 is 5.94.